The molecule has 3 aliphatic heterocycles. The first-order chi connectivity index (χ1) is 7.93. The summed E-state index contributed by atoms with van der Waals surface area (Å²) >= 11 is 0. The zero-order chi connectivity index (χ0) is 10.5. The second-order valence-corrected chi connectivity index (χ2v) is 4.26. The van der Waals surface area contributed by atoms with Crippen LogP contribution >= 0.6 is 0 Å². The van der Waals surface area contributed by atoms with Crippen molar-refractivity contribution in [3.63, 3.8) is 0 Å². The van der Waals surface area contributed by atoms with E-state index in [1.807, 2.05) is 12.4 Å². The van der Waals surface area contributed by atoms with Gasteiger partial charge in [0.15, 0.2) is 0 Å². The monoisotopic (exact) mass is 209 g/mol. The van der Waals surface area contributed by atoms with Crippen molar-refractivity contribution < 1.29 is 0 Å². The second kappa shape index (κ2) is 2.76. The van der Waals surface area contributed by atoms with E-state index in [-0.39, 0.29) is 0 Å². The van der Waals surface area contributed by atoms with Gasteiger partial charge < -0.3 is 9.80 Å². The molecule has 3 heteroatoms. The van der Waals surface area contributed by atoms with Crippen LogP contribution in [0.4, 0.5) is 5.69 Å². The van der Waals surface area contributed by atoms with Gasteiger partial charge in [-0.15, -0.1) is 0 Å². The quantitative estimate of drug-likeness (QED) is 0.651. The fourth-order valence-corrected chi connectivity index (χ4v) is 2.66. The number of nitrogens with zero attached hydrogens (tertiary/aromatic N) is 3. The van der Waals surface area contributed by atoms with E-state index in [0.29, 0.717) is 6.17 Å². The van der Waals surface area contributed by atoms with E-state index in [1.165, 1.54) is 16.9 Å². The minimum Gasteiger partial charge on any atom is -0.325 e. The van der Waals surface area contributed by atoms with Crippen molar-refractivity contribution in [2.75, 3.05) is 4.90 Å². The molecule has 0 amide bonds. The van der Waals surface area contributed by atoms with Crippen molar-refractivity contribution in [1.82, 2.24) is 9.88 Å². The second-order valence-electron chi connectivity index (χ2n) is 4.26. The van der Waals surface area contributed by atoms with Crippen molar-refractivity contribution in [3.05, 3.63) is 60.3 Å². The Balaban J connectivity index is 1.85. The summed E-state index contributed by atoms with van der Waals surface area (Å²) in [4.78, 5) is 8.85. The van der Waals surface area contributed by atoms with E-state index in [0.717, 1.165) is 6.42 Å². The fraction of sp³-hybridized carbons (Fsp3) is 0.154. The average Bonchev–Trinajstić information content (AvgIpc) is 2.85. The lowest BCUT2D eigenvalue weighted by molar-refractivity contribution is 0.388. The van der Waals surface area contributed by atoms with Crippen molar-refractivity contribution in [1.29, 1.82) is 0 Å². The minimum atomic E-state index is 0.412. The summed E-state index contributed by atoms with van der Waals surface area (Å²) in [6.45, 7) is 0. The van der Waals surface area contributed by atoms with Crippen LogP contribution in [-0.2, 0) is 6.42 Å². The number of aromatic nitrogens is 1. The van der Waals surface area contributed by atoms with Crippen LogP contribution in [0.15, 0.2) is 54.8 Å². The van der Waals surface area contributed by atoms with Crippen LogP contribution in [-0.4, -0.2) is 16.0 Å². The van der Waals surface area contributed by atoms with Gasteiger partial charge in [0, 0.05) is 36.9 Å². The van der Waals surface area contributed by atoms with Gasteiger partial charge in [0.2, 0.25) is 0 Å². The molecule has 0 aromatic carbocycles. The summed E-state index contributed by atoms with van der Waals surface area (Å²) < 4.78 is 0. The normalized spacial score (nSPS) is 24.2. The van der Waals surface area contributed by atoms with Crippen molar-refractivity contribution in [2.45, 2.75) is 12.6 Å². The predicted octanol–water partition coefficient (Wildman–Crippen LogP) is 2.01. The Bertz CT molecular complexity index is 542. The van der Waals surface area contributed by atoms with E-state index in [1.54, 1.807) is 0 Å². The molecule has 0 N–H and O–H groups in total. The van der Waals surface area contributed by atoms with Crippen LogP contribution in [0.3, 0.4) is 0 Å². The molecule has 1 atom stereocenters. The van der Waals surface area contributed by atoms with Gasteiger partial charge in [0.05, 0.1) is 5.70 Å². The van der Waals surface area contributed by atoms with Gasteiger partial charge in [0.25, 0.3) is 0 Å². The Hall–Kier alpha value is -2.03. The maximum atomic E-state index is 4.19. The lowest BCUT2D eigenvalue weighted by Gasteiger charge is -2.26. The Morgan fingerprint density at radius 2 is 2.25 bits per heavy atom. The van der Waals surface area contributed by atoms with Gasteiger partial charge in [-0.3, -0.25) is 4.98 Å². The topological polar surface area (TPSA) is 19.4 Å². The summed E-state index contributed by atoms with van der Waals surface area (Å²) in [5.74, 6) is 0. The van der Waals surface area contributed by atoms with Crippen LogP contribution in [0.25, 0.3) is 0 Å². The molecule has 4 heterocycles. The van der Waals surface area contributed by atoms with Crippen LogP contribution in [0.1, 0.15) is 5.56 Å². The van der Waals surface area contributed by atoms with Crippen LogP contribution in [0, 0.1) is 0 Å². The molecule has 0 radical (unpaired) electrons. The number of rotatable bonds is 0. The Kier molecular flexibility index (Phi) is 1.41. The molecule has 0 fully saturated rings. The molecule has 1 unspecified atom stereocenters. The summed E-state index contributed by atoms with van der Waals surface area (Å²) in [5, 5.41) is 0. The highest BCUT2D eigenvalue weighted by atomic mass is 15.4. The first-order valence-corrected chi connectivity index (χ1v) is 5.50. The lowest BCUT2D eigenvalue weighted by atomic mass is 10.2. The number of allylic oxidation sites excluding steroid dienone is 3. The largest absolute Gasteiger partial charge is 0.325 e. The van der Waals surface area contributed by atoms with E-state index in [4.69, 9.17) is 0 Å². The third-order valence-electron chi connectivity index (χ3n) is 3.39. The lowest BCUT2D eigenvalue weighted by Crippen LogP contribution is -2.34. The third-order valence-corrected chi connectivity index (χ3v) is 3.39. The zero-order valence-electron chi connectivity index (χ0n) is 8.74. The number of hydrogen-bond donors (Lipinski definition) is 0. The molecule has 78 valence electrons. The molecule has 3 nitrogen and oxygen atoms in total. The van der Waals surface area contributed by atoms with Crippen LogP contribution < -0.4 is 4.90 Å². The highest BCUT2D eigenvalue weighted by Crippen LogP contribution is 2.39. The van der Waals surface area contributed by atoms with Crippen molar-refractivity contribution >= 4 is 5.69 Å². The molecular weight excluding hydrogens is 198 g/mol. The maximum absolute atomic E-state index is 4.19. The van der Waals surface area contributed by atoms with Gasteiger partial charge in [-0.2, -0.15) is 0 Å². The molecule has 0 spiro atoms. The summed E-state index contributed by atoms with van der Waals surface area (Å²) in [6.07, 6.45) is 16.0. The highest BCUT2D eigenvalue weighted by molar-refractivity contribution is 5.63. The molecule has 3 aliphatic rings. The highest BCUT2D eigenvalue weighted by Gasteiger charge is 2.37. The van der Waals surface area contributed by atoms with Gasteiger partial charge >= 0.3 is 0 Å². The van der Waals surface area contributed by atoms with Gasteiger partial charge in [0.1, 0.15) is 6.17 Å². The summed E-state index contributed by atoms with van der Waals surface area (Å²) in [6, 6.07) is 2.10. The molecule has 0 saturated heterocycles. The first kappa shape index (κ1) is 8.16. The average molecular weight is 209 g/mol. The van der Waals surface area contributed by atoms with Gasteiger partial charge in [-0.1, -0.05) is 6.08 Å². The fourth-order valence-electron chi connectivity index (χ4n) is 2.66. The van der Waals surface area contributed by atoms with Crippen molar-refractivity contribution in [2.24, 2.45) is 0 Å². The molecule has 16 heavy (non-hydrogen) atoms. The van der Waals surface area contributed by atoms with Gasteiger partial charge in [-0.05, 0) is 23.8 Å². The minimum absolute atomic E-state index is 0.412. The molecule has 1 aromatic heterocycles. The smallest absolute Gasteiger partial charge is 0.114 e. The predicted molar refractivity (Wildman–Crippen MR) is 62.4 cm³/mol. The van der Waals surface area contributed by atoms with E-state index in [2.05, 4.69) is 51.5 Å². The zero-order valence-corrected chi connectivity index (χ0v) is 8.74. The molecule has 0 saturated carbocycles. The Morgan fingerprint density at radius 3 is 3.25 bits per heavy atom. The molecular formula is C13H11N3. The number of pyridine rings is 1. The number of hydrogen-bond acceptors (Lipinski definition) is 3. The standard InChI is InChI=1S/C13H11N3/c1-2-6-15-11(3-1)9-16-12-4-5-14-8-10(12)7-13(15)16/h1-6,8-9,13H,7H2. The van der Waals surface area contributed by atoms with E-state index < -0.39 is 0 Å². The van der Waals surface area contributed by atoms with Crippen molar-refractivity contribution in [3.8, 4) is 0 Å². The number of fused-ring (bicyclic) bond motifs is 5. The molecule has 4 rings (SSSR count). The van der Waals surface area contributed by atoms with Crippen LogP contribution in [0.5, 0.6) is 0 Å². The van der Waals surface area contributed by atoms with E-state index in [9.17, 15) is 0 Å². The maximum Gasteiger partial charge on any atom is 0.114 e. The summed E-state index contributed by atoms with van der Waals surface area (Å²) in [5.41, 5.74) is 3.91. The molecule has 1 aromatic rings. The molecule has 0 bridgehead atoms. The molecule has 0 aliphatic carbocycles. The summed E-state index contributed by atoms with van der Waals surface area (Å²) in [7, 11) is 0. The third kappa shape index (κ3) is 0.902. The first-order valence-electron chi connectivity index (χ1n) is 5.50. The SMILES string of the molecule is C1=CC2=CN3c4ccncc4CC3N2C=C1. The Labute approximate surface area is 94.0 Å². The van der Waals surface area contributed by atoms with Gasteiger partial charge in [-0.25, -0.2) is 0 Å². The van der Waals surface area contributed by atoms with E-state index >= 15 is 0 Å². The number of anilines is 1. The Morgan fingerprint density at radius 1 is 1.25 bits per heavy atom. The van der Waals surface area contributed by atoms with Crippen LogP contribution in [0.2, 0.25) is 0 Å².